The Morgan fingerprint density at radius 3 is 2.62 bits per heavy atom. The van der Waals surface area contributed by atoms with Gasteiger partial charge in [-0.15, -0.1) is 0 Å². The van der Waals surface area contributed by atoms with Gasteiger partial charge in [-0.3, -0.25) is 29.4 Å². The highest BCUT2D eigenvalue weighted by molar-refractivity contribution is 6.01. The molecule has 0 unspecified atom stereocenters. The number of carbonyl (C=O) groups is 3. The molecule has 10 heteroatoms. The van der Waals surface area contributed by atoms with Gasteiger partial charge in [-0.05, 0) is 39.2 Å². The van der Waals surface area contributed by atoms with E-state index in [4.69, 9.17) is 9.47 Å². The summed E-state index contributed by atoms with van der Waals surface area (Å²) in [7, 11) is 0. The topological polar surface area (TPSA) is 119 Å². The van der Waals surface area contributed by atoms with Gasteiger partial charge >= 0.3 is 5.97 Å². The summed E-state index contributed by atoms with van der Waals surface area (Å²) in [5.74, 6) is -1.32. The highest BCUT2D eigenvalue weighted by atomic mass is 16.6. The molecule has 0 saturated carbocycles. The first-order valence-electron chi connectivity index (χ1n) is 9.46. The van der Waals surface area contributed by atoms with Gasteiger partial charge in [0.1, 0.15) is 12.3 Å². The fourth-order valence-corrected chi connectivity index (χ4v) is 3.78. The largest absolute Gasteiger partial charge is 0.482 e. The Balaban J connectivity index is 1.65. The lowest BCUT2D eigenvalue weighted by Gasteiger charge is -2.38. The average molecular weight is 405 g/mol. The molecule has 0 bridgehead atoms. The van der Waals surface area contributed by atoms with Crippen molar-refractivity contribution in [3.05, 3.63) is 28.3 Å². The van der Waals surface area contributed by atoms with E-state index < -0.39 is 30.0 Å². The Morgan fingerprint density at radius 1 is 1.28 bits per heavy atom. The van der Waals surface area contributed by atoms with Crippen molar-refractivity contribution < 1.29 is 28.8 Å². The van der Waals surface area contributed by atoms with Crippen LogP contribution >= 0.6 is 0 Å². The Hall–Kier alpha value is -3.17. The van der Waals surface area contributed by atoms with Crippen molar-refractivity contribution >= 4 is 29.2 Å². The molecular weight excluding hydrogens is 382 g/mol. The highest BCUT2D eigenvalue weighted by Gasteiger charge is 2.32. The molecule has 156 valence electrons. The number of nitro groups is 1. The van der Waals surface area contributed by atoms with Crippen molar-refractivity contribution in [1.29, 1.82) is 0 Å². The van der Waals surface area contributed by atoms with Crippen LogP contribution in [-0.4, -0.2) is 59.4 Å². The molecule has 0 radical (unpaired) electrons. The number of anilines is 1. The zero-order valence-electron chi connectivity index (χ0n) is 16.3. The fraction of sp³-hybridized carbons (Fsp3) is 0.526. The standard InChI is InChI=1S/C19H23N3O7/c1-12-4-3-5-13(2)21(12)18(24)11-29-19(25)9-20-15-8-14(22(26)27)6-7-16(15)28-10-17(20)23/h6-8,12-13H,3-5,9-11H2,1-2H3/t12-,13-/m0/s1. The summed E-state index contributed by atoms with van der Waals surface area (Å²) in [6.07, 6.45) is 2.86. The molecule has 0 N–H and O–H groups in total. The molecule has 3 rings (SSSR count). The first-order valence-corrected chi connectivity index (χ1v) is 9.46. The number of piperidine rings is 1. The minimum absolute atomic E-state index is 0.0817. The molecule has 2 atom stereocenters. The summed E-state index contributed by atoms with van der Waals surface area (Å²) in [5, 5.41) is 11.0. The lowest BCUT2D eigenvalue weighted by Crippen LogP contribution is -2.49. The molecule has 1 aromatic carbocycles. The first kappa shape index (κ1) is 20.6. The maximum Gasteiger partial charge on any atom is 0.326 e. The van der Waals surface area contributed by atoms with Crippen molar-refractivity contribution in [2.75, 3.05) is 24.7 Å². The van der Waals surface area contributed by atoms with Crippen LogP contribution in [0.1, 0.15) is 33.1 Å². The number of amides is 2. The van der Waals surface area contributed by atoms with E-state index in [1.54, 1.807) is 4.90 Å². The highest BCUT2D eigenvalue weighted by Crippen LogP contribution is 2.35. The molecule has 2 aliphatic rings. The predicted octanol–water partition coefficient (Wildman–Crippen LogP) is 1.65. The summed E-state index contributed by atoms with van der Waals surface area (Å²) in [4.78, 5) is 50.1. The van der Waals surface area contributed by atoms with Crippen molar-refractivity contribution in [1.82, 2.24) is 4.90 Å². The lowest BCUT2D eigenvalue weighted by atomic mass is 9.97. The number of rotatable bonds is 5. The van der Waals surface area contributed by atoms with Crippen LogP contribution in [0.3, 0.4) is 0 Å². The molecule has 0 aromatic heterocycles. The minimum Gasteiger partial charge on any atom is -0.482 e. The molecule has 0 aliphatic carbocycles. The third-order valence-corrected chi connectivity index (χ3v) is 5.22. The summed E-state index contributed by atoms with van der Waals surface area (Å²) in [5.41, 5.74) is -0.110. The van der Waals surface area contributed by atoms with E-state index >= 15 is 0 Å². The second kappa shape index (κ2) is 8.46. The number of esters is 1. The molecule has 29 heavy (non-hydrogen) atoms. The van der Waals surface area contributed by atoms with Gasteiger partial charge in [0.25, 0.3) is 17.5 Å². The molecule has 1 aromatic rings. The van der Waals surface area contributed by atoms with Crippen LogP contribution in [0.2, 0.25) is 0 Å². The zero-order chi connectivity index (χ0) is 21.1. The number of fused-ring (bicyclic) bond motifs is 1. The number of nitrogens with zero attached hydrogens (tertiary/aromatic N) is 3. The van der Waals surface area contributed by atoms with Gasteiger partial charge in [0.2, 0.25) is 0 Å². The van der Waals surface area contributed by atoms with E-state index in [2.05, 4.69) is 0 Å². The number of ether oxygens (including phenoxy) is 2. The molecule has 10 nitrogen and oxygen atoms in total. The van der Waals surface area contributed by atoms with Crippen LogP contribution in [0.15, 0.2) is 18.2 Å². The minimum atomic E-state index is -0.775. The molecule has 2 amide bonds. The number of hydrogen-bond donors (Lipinski definition) is 0. The fourth-order valence-electron chi connectivity index (χ4n) is 3.78. The van der Waals surface area contributed by atoms with Crippen LogP contribution in [0.4, 0.5) is 11.4 Å². The van der Waals surface area contributed by atoms with Crippen molar-refractivity contribution in [2.24, 2.45) is 0 Å². The van der Waals surface area contributed by atoms with E-state index in [1.807, 2.05) is 13.8 Å². The molecule has 2 aliphatic heterocycles. The van der Waals surface area contributed by atoms with Crippen LogP contribution in [-0.2, 0) is 19.1 Å². The predicted molar refractivity (Wildman–Crippen MR) is 102 cm³/mol. The van der Waals surface area contributed by atoms with Crippen LogP contribution in [0, 0.1) is 10.1 Å². The number of carbonyl (C=O) groups excluding carboxylic acids is 3. The maximum atomic E-state index is 12.5. The van der Waals surface area contributed by atoms with Crippen molar-refractivity contribution in [3.8, 4) is 5.75 Å². The third-order valence-electron chi connectivity index (χ3n) is 5.22. The summed E-state index contributed by atoms with van der Waals surface area (Å²) in [6, 6.07) is 3.96. The number of nitro benzene ring substituents is 1. The Kier molecular flexibility index (Phi) is 6.00. The second-order valence-electron chi connectivity index (χ2n) is 7.27. The summed E-state index contributed by atoms with van der Waals surface area (Å²) < 4.78 is 10.4. The van der Waals surface area contributed by atoms with Crippen LogP contribution in [0.5, 0.6) is 5.75 Å². The Labute approximate surface area is 167 Å². The van der Waals surface area contributed by atoms with Crippen molar-refractivity contribution in [3.63, 3.8) is 0 Å². The second-order valence-corrected chi connectivity index (χ2v) is 7.27. The quantitative estimate of drug-likeness (QED) is 0.415. The molecule has 2 heterocycles. The van der Waals surface area contributed by atoms with E-state index in [-0.39, 0.29) is 41.7 Å². The number of non-ortho nitro benzene ring substituents is 1. The SMILES string of the molecule is C[C@H]1CCC[C@H](C)N1C(=O)COC(=O)CN1C(=O)COc2ccc([N+](=O)[O-])cc21. The monoisotopic (exact) mass is 405 g/mol. The number of hydrogen-bond acceptors (Lipinski definition) is 7. The summed E-state index contributed by atoms with van der Waals surface area (Å²) in [6.45, 7) is 2.76. The van der Waals surface area contributed by atoms with Gasteiger partial charge in [-0.1, -0.05) is 0 Å². The van der Waals surface area contributed by atoms with Gasteiger partial charge in [-0.2, -0.15) is 0 Å². The van der Waals surface area contributed by atoms with E-state index in [0.717, 1.165) is 24.2 Å². The van der Waals surface area contributed by atoms with Gasteiger partial charge in [0.15, 0.2) is 13.2 Å². The maximum absolute atomic E-state index is 12.5. The Bertz CT molecular complexity index is 831. The molecule has 1 saturated heterocycles. The smallest absolute Gasteiger partial charge is 0.326 e. The van der Waals surface area contributed by atoms with Crippen LogP contribution in [0.25, 0.3) is 0 Å². The average Bonchev–Trinajstić information content (AvgIpc) is 2.68. The van der Waals surface area contributed by atoms with Crippen molar-refractivity contribution in [2.45, 2.75) is 45.2 Å². The lowest BCUT2D eigenvalue weighted by molar-refractivity contribution is -0.384. The molecule has 0 spiro atoms. The number of likely N-dealkylation sites (tertiary alicyclic amines) is 1. The number of benzene rings is 1. The zero-order valence-corrected chi connectivity index (χ0v) is 16.3. The van der Waals surface area contributed by atoms with E-state index in [9.17, 15) is 24.5 Å². The Morgan fingerprint density at radius 2 is 1.97 bits per heavy atom. The van der Waals surface area contributed by atoms with E-state index in [1.165, 1.54) is 18.2 Å². The third kappa shape index (κ3) is 4.47. The van der Waals surface area contributed by atoms with Gasteiger partial charge < -0.3 is 14.4 Å². The molecular formula is C19H23N3O7. The van der Waals surface area contributed by atoms with Gasteiger partial charge in [0, 0.05) is 24.2 Å². The van der Waals surface area contributed by atoms with Gasteiger partial charge in [0.05, 0.1) is 10.6 Å². The normalized spacial score (nSPS) is 21.2. The summed E-state index contributed by atoms with van der Waals surface area (Å²) >= 11 is 0. The molecule has 1 fully saturated rings. The van der Waals surface area contributed by atoms with E-state index in [0.29, 0.717) is 0 Å². The van der Waals surface area contributed by atoms with Gasteiger partial charge in [-0.25, -0.2) is 0 Å². The first-order chi connectivity index (χ1) is 13.8. The van der Waals surface area contributed by atoms with Crippen LogP contribution < -0.4 is 9.64 Å².